The van der Waals surface area contributed by atoms with E-state index in [1.807, 2.05) is 62.4 Å². The number of hydrogen-bond acceptors (Lipinski definition) is 2. The van der Waals surface area contributed by atoms with Gasteiger partial charge in [0.05, 0.1) is 6.04 Å². The van der Waals surface area contributed by atoms with Crippen LogP contribution in [-0.2, 0) is 11.2 Å². The number of hydrogen-bond donors (Lipinski definition) is 1. The molecule has 2 nitrogen and oxygen atoms in total. The number of carbonyl (C=O) groups is 1. The van der Waals surface area contributed by atoms with Gasteiger partial charge in [0.1, 0.15) is 0 Å². The number of benzene rings is 2. The standard InChI is InChI=1S/C17H19NO/c1-12-7-6-8-13(2)15(12)11-16(19)17(18)14-9-4-3-5-10-14/h3-10,17H,11,18H2,1-2H3/t17-/m1/s1. The molecule has 2 N–H and O–H groups in total. The molecule has 0 fully saturated rings. The molecule has 1 atom stereocenters. The fourth-order valence-electron chi connectivity index (χ4n) is 2.26. The summed E-state index contributed by atoms with van der Waals surface area (Å²) in [5.74, 6) is 0.0589. The first-order valence-electron chi connectivity index (χ1n) is 6.48. The van der Waals surface area contributed by atoms with Crippen LogP contribution in [0.15, 0.2) is 48.5 Å². The van der Waals surface area contributed by atoms with Crippen molar-refractivity contribution in [3.63, 3.8) is 0 Å². The van der Waals surface area contributed by atoms with Crippen molar-refractivity contribution in [2.45, 2.75) is 26.3 Å². The minimum atomic E-state index is -0.541. The summed E-state index contributed by atoms with van der Waals surface area (Å²) in [6, 6.07) is 15.1. The van der Waals surface area contributed by atoms with E-state index < -0.39 is 6.04 Å². The topological polar surface area (TPSA) is 43.1 Å². The van der Waals surface area contributed by atoms with E-state index in [-0.39, 0.29) is 5.78 Å². The van der Waals surface area contributed by atoms with Crippen molar-refractivity contribution < 1.29 is 4.79 Å². The Bertz CT molecular complexity index is 555. The maximum Gasteiger partial charge on any atom is 0.158 e. The average Bonchev–Trinajstić information content (AvgIpc) is 2.43. The summed E-state index contributed by atoms with van der Waals surface area (Å²) in [7, 11) is 0. The molecule has 0 bridgehead atoms. The van der Waals surface area contributed by atoms with Gasteiger partial charge in [0.2, 0.25) is 0 Å². The number of rotatable bonds is 4. The Morgan fingerprint density at radius 1 is 1.00 bits per heavy atom. The number of carbonyl (C=O) groups excluding carboxylic acids is 1. The Labute approximate surface area is 114 Å². The molecule has 2 aromatic rings. The van der Waals surface area contributed by atoms with Crippen molar-refractivity contribution in [2.24, 2.45) is 5.73 Å². The lowest BCUT2D eigenvalue weighted by Crippen LogP contribution is -2.23. The highest BCUT2D eigenvalue weighted by molar-refractivity contribution is 5.87. The minimum Gasteiger partial charge on any atom is -0.318 e. The summed E-state index contributed by atoms with van der Waals surface area (Å²) < 4.78 is 0. The Balaban J connectivity index is 2.18. The van der Waals surface area contributed by atoms with Crippen molar-refractivity contribution in [2.75, 3.05) is 0 Å². The first-order chi connectivity index (χ1) is 9.09. The van der Waals surface area contributed by atoms with Crippen LogP contribution >= 0.6 is 0 Å². The smallest absolute Gasteiger partial charge is 0.158 e. The van der Waals surface area contributed by atoms with Gasteiger partial charge in [0, 0.05) is 6.42 Å². The van der Waals surface area contributed by atoms with Crippen LogP contribution < -0.4 is 5.73 Å². The highest BCUT2D eigenvalue weighted by Gasteiger charge is 2.17. The third-order valence-electron chi connectivity index (χ3n) is 3.50. The third kappa shape index (κ3) is 3.09. The molecule has 0 aliphatic heterocycles. The van der Waals surface area contributed by atoms with Crippen LogP contribution in [0.2, 0.25) is 0 Å². The van der Waals surface area contributed by atoms with Gasteiger partial charge < -0.3 is 5.73 Å². The lowest BCUT2D eigenvalue weighted by molar-refractivity contribution is -0.119. The zero-order valence-electron chi connectivity index (χ0n) is 11.4. The summed E-state index contributed by atoms with van der Waals surface area (Å²) in [5.41, 5.74) is 10.3. The van der Waals surface area contributed by atoms with E-state index >= 15 is 0 Å². The second-order valence-electron chi connectivity index (χ2n) is 4.90. The summed E-state index contributed by atoms with van der Waals surface area (Å²) in [6.45, 7) is 4.06. The monoisotopic (exact) mass is 253 g/mol. The van der Waals surface area contributed by atoms with Crippen molar-refractivity contribution in [1.82, 2.24) is 0 Å². The quantitative estimate of drug-likeness (QED) is 0.909. The molecule has 2 heteroatoms. The van der Waals surface area contributed by atoms with Gasteiger partial charge >= 0.3 is 0 Å². The zero-order chi connectivity index (χ0) is 13.8. The van der Waals surface area contributed by atoms with E-state index in [9.17, 15) is 4.79 Å². The van der Waals surface area contributed by atoms with Gasteiger partial charge in [-0.1, -0.05) is 48.5 Å². The van der Waals surface area contributed by atoms with Crippen molar-refractivity contribution in [3.05, 3.63) is 70.8 Å². The van der Waals surface area contributed by atoms with Crippen LogP contribution in [0.1, 0.15) is 28.3 Å². The number of aryl methyl sites for hydroxylation is 2. The highest BCUT2D eigenvalue weighted by atomic mass is 16.1. The lowest BCUT2D eigenvalue weighted by atomic mass is 9.93. The van der Waals surface area contributed by atoms with Crippen LogP contribution in [0.4, 0.5) is 0 Å². The molecule has 2 rings (SSSR count). The summed E-state index contributed by atoms with van der Waals surface area (Å²) in [5, 5.41) is 0. The molecule has 0 unspecified atom stereocenters. The zero-order valence-corrected chi connectivity index (χ0v) is 11.4. The summed E-state index contributed by atoms with van der Waals surface area (Å²) in [6.07, 6.45) is 0.397. The Hall–Kier alpha value is -1.93. The number of Topliss-reactive ketones (excluding diaryl/α,β-unsaturated/α-hetero) is 1. The fraction of sp³-hybridized carbons (Fsp3) is 0.235. The Morgan fingerprint density at radius 3 is 2.16 bits per heavy atom. The molecule has 98 valence electrons. The molecule has 0 heterocycles. The molecule has 0 saturated heterocycles. The molecule has 0 saturated carbocycles. The van der Waals surface area contributed by atoms with Gasteiger partial charge in [-0.15, -0.1) is 0 Å². The molecule has 0 amide bonds. The normalized spacial score (nSPS) is 12.2. The minimum absolute atomic E-state index is 0.0589. The number of nitrogens with two attached hydrogens (primary N) is 1. The average molecular weight is 253 g/mol. The van der Waals surface area contributed by atoms with Crippen molar-refractivity contribution in [1.29, 1.82) is 0 Å². The summed E-state index contributed by atoms with van der Waals surface area (Å²) >= 11 is 0. The molecule has 0 radical (unpaired) electrons. The molecular weight excluding hydrogens is 234 g/mol. The molecular formula is C17H19NO. The van der Waals surface area contributed by atoms with Gasteiger partial charge in [-0.2, -0.15) is 0 Å². The van der Waals surface area contributed by atoms with Gasteiger partial charge in [-0.25, -0.2) is 0 Å². The van der Waals surface area contributed by atoms with E-state index in [0.29, 0.717) is 6.42 Å². The van der Waals surface area contributed by atoms with Crippen molar-refractivity contribution in [3.8, 4) is 0 Å². The predicted molar refractivity (Wildman–Crippen MR) is 78.0 cm³/mol. The molecule has 19 heavy (non-hydrogen) atoms. The van der Waals surface area contributed by atoms with Crippen LogP contribution in [0.25, 0.3) is 0 Å². The van der Waals surface area contributed by atoms with Crippen LogP contribution in [0, 0.1) is 13.8 Å². The van der Waals surface area contributed by atoms with Crippen LogP contribution in [0.5, 0.6) is 0 Å². The molecule has 2 aromatic carbocycles. The van der Waals surface area contributed by atoms with E-state index in [2.05, 4.69) is 0 Å². The fourth-order valence-corrected chi connectivity index (χ4v) is 2.26. The van der Waals surface area contributed by atoms with Crippen LogP contribution in [0.3, 0.4) is 0 Å². The van der Waals surface area contributed by atoms with Gasteiger partial charge in [0.25, 0.3) is 0 Å². The molecule has 0 spiro atoms. The maximum absolute atomic E-state index is 12.3. The first-order valence-corrected chi connectivity index (χ1v) is 6.48. The lowest BCUT2D eigenvalue weighted by Gasteiger charge is -2.13. The van der Waals surface area contributed by atoms with E-state index in [0.717, 1.165) is 22.3 Å². The van der Waals surface area contributed by atoms with Gasteiger partial charge in [-0.05, 0) is 36.1 Å². The molecule has 0 aromatic heterocycles. The van der Waals surface area contributed by atoms with Crippen LogP contribution in [-0.4, -0.2) is 5.78 Å². The highest BCUT2D eigenvalue weighted by Crippen LogP contribution is 2.18. The molecule has 0 aliphatic rings. The van der Waals surface area contributed by atoms with Gasteiger partial charge in [0.15, 0.2) is 5.78 Å². The maximum atomic E-state index is 12.3. The largest absolute Gasteiger partial charge is 0.318 e. The predicted octanol–water partition coefficient (Wildman–Crippen LogP) is 3.12. The Kier molecular flexibility index (Phi) is 4.13. The second kappa shape index (κ2) is 5.81. The second-order valence-corrected chi connectivity index (χ2v) is 4.90. The SMILES string of the molecule is Cc1cccc(C)c1CC(=O)[C@H](N)c1ccccc1. The van der Waals surface area contributed by atoms with E-state index in [4.69, 9.17) is 5.73 Å². The first kappa shape index (κ1) is 13.5. The van der Waals surface area contributed by atoms with Gasteiger partial charge in [-0.3, -0.25) is 4.79 Å². The third-order valence-corrected chi connectivity index (χ3v) is 3.50. The Morgan fingerprint density at radius 2 is 1.58 bits per heavy atom. The number of ketones is 1. The van der Waals surface area contributed by atoms with Crippen molar-refractivity contribution >= 4 is 5.78 Å². The summed E-state index contributed by atoms with van der Waals surface area (Å²) in [4.78, 5) is 12.3. The van der Waals surface area contributed by atoms with E-state index in [1.54, 1.807) is 0 Å². The molecule has 0 aliphatic carbocycles. The van der Waals surface area contributed by atoms with E-state index in [1.165, 1.54) is 0 Å².